The van der Waals surface area contributed by atoms with Gasteiger partial charge in [0.05, 0.1) is 20.8 Å². The Hall–Kier alpha value is -1.71. The van der Waals surface area contributed by atoms with Crippen molar-refractivity contribution in [2.75, 3.05) is 40.9 Å². The van der Waals surface area contributed by atoms with Crippen molar-refractivity contribution in [1.29, 1.82) is 0 Å². The van der Waals surface area contributed by atoms with Crippen molar-refractivity contribution in [1.82, 2.24) is 15.5 Å². The van der Waals surface area contributed by atoms with Crippen LogP contribution in [0.2, 0.25) is 0 Å². The van der Waals surface area contributed by atoms with E-state index >= 15 is 0 Å². The Balaban J connectivity index is 0.00000480. The number of hydrogen-bond acceptors (Lipinski definition) is 4. The molecule has 1 aromatic carbocycles. The lowest BCUT2D eigenvalue weighted by Crippen LogP contribution is -2.40. The average molecular weight is 546 g/mol. The van der Waals surface area contributed by atoms with Crippen LogP contribution in [-0.2, 0) is 11.2 Å². The molecular formula is C23H39IN4O3. The van der Waals surface area contributed by atoms with E-state index in [1.807, 2.05) is 26.1 Å². The van der Waals surface area contributed by atoms with Crippen LogP contribution in [0, 0.1) is 0 Å². The van der Waals surface area contributed by atoms with E-state index in [0.29, 0.717) is 19.0 Å². The van der Waals surface area contributed by atoms with Gasteiger partial charge in [-0.25, -0.2) is 0 Å². The number of carbonyl (C=O) groups excluding carboxylic acids is 1. The average Bonchev–Trinajstić information content (AvgIpc) is 2.77. The highest BCUT2D eigenvalue weighted by Crippen LogP contribution is 2.27. The first kappa shape index (κ1) is 27.3. The first-order valence-corrected chi connectivity index (χ1v) is 11.1. The van der Waals surface area contributed by atoms with Crippen LogP contribution < -0.4 is 20.1 Å². The number of guanidine groups is 1. The van der Waals surface area contributed by atoms with Crippen LogP contribution >= 0.6 is 24.0 Å². The fourth-order valence-electron chi connectivity index (χ4n) is 3.72. The van der Waals surface area contributed by atoms with Gasteiger partial charge in [-0.2, -0.15) is 0 Å². The number of nitrogens with one attached hydrogen (secondary N) is 2. The van der Waals surface area contributed by atoms with Crippen molar-refractivity contribution in [2.24, 2.45) is 4.99 Å². The number of benzene rings is 1. The Bertz CT molecular complexity index is 693. The second kappa shape index (κ2) is 15.2. The van der Waals surface area contributed by atoms with Gasteiger partial charge in [0.2, 0.25) is 5.91 Å². The van der Waals surface area contributed by atoms with E-state index in [0.717, 1.165) is 49.8 Å². The predicted molar refractivity (Wildman–Crippen MR) is 137 cm³/mol. The summed E-state index contributed by atoms with van der Waals surface area (Å²) in [6, 6.07) is 6.34. The number of carbonyl (C=O) groups is 1. The summed E-state index contributed by atoms with van der Waals surface area (Å²) in [5.74, 6) is 2.40. The van der Waals surface area contributed by atoms with Gasteiger partial charge in [-0.15, -0.1) is 24.0 Å². The van der Waals surface area contributed by atoms with Crippen molar-refractivity contribution >= 4 is 35.8 Å². The van der Waals surface area contributed by atoms with E-state index in [1.54, 1.807) is 14.2 Å². The summed E-state index contributed by atoms with van der Waals surface area (Å²) in [6.07, 6.45) is 7.22. The molecule has 0 bridgehead atoms. The Kier molecular flexibility index (Phi) is 13.4. The monoisotopic (exact) mass is 546 g/mol. The van der Waals surface area contributed by atoms with Gasteiger partial charge in [-0.05, 0) is 43.9 Å². The second-order valence-corrected chi connectivity index (χ2v) is 7.75. The molecule has 1 amide bonds. The molecule has 176 valence electrons. The topological polar surface area (TPSA) is 75.2 Å². The first-order valence-electron chi connectivity index (χ1n) is 11.1. The zero-order chi connectivity index (χ0) is 21.8. The van der Waals surface area contributed by atoms with Crippen LogP contribution in [0.15, 0.2) is 23.2 Å². The fourth-order valence-corrected chi connectivity index (χ4v) is 3.72. The molecule has 0 heterocycles. The van der Waals surface area contributed by atoms with Crippen LogP contribution in [-0.4, -0.2) is 63.7 Å². The quantitative estimate of drug-likeness (QED) is 0.267. The largest absolute Gasteiger partial charge is 0.493 e. The molecule has 0 saturated heterocycles. The van der Waals surface area contributed by atoms with Gasteiger partial charge in [0.25, 0.3) is 0 Å². The van der Waals surface area contributed by atoms with E-state index < -0.39 is 0 Å². The molecule has 1 aromatic rings. The van der Waals surface area contributed by atoms with Crippen LogP contribution in [0.4, 0.5) is 0 Å². The summed E-state index contributed by atoms with van der Waals surface area (Å²) in [7, 11) is 5.30. The van der Waals surface area contributed by atoms with Crippen molar-refractivity contribution in [3.05, 3.63) is 23.8 Å². The molecule has 2 rings (SSSR count). The number of amides is 1. The van der Waals surface area contributed by atoms with E-state index in [2.05, 4.69) is 26.6 Å². The standard InChI is InChI=1S/C23H38N4O3.HI/c1-5-24-23(25-15-13-22(28)26-19-9-7-6-8-10-19)27(2)16-14-18-11-12-20(29-3)21(17-18)30-4;/h11-12,17,19H,5-10,13-16H2,1-4H3,(H,24,25)(H,26,28);1H. The zero-order valence-corrected chi connectivity index (χ0v) is 21.7. The summed E-state index contributed by atoms with van der Waals surface area (Å²) >= 11 is 0. The number of methoxy groups -OCH3 is 2. The van der Waals surface area contributed by atoms with Crippen LogP contribution in [0.5, 0.6) is 11.5 Å². The third-order valence-corrected chi connectivity index (χ3v) is 5.45. The van der Waals surface area contributed by atoms with Gasteiger partial charge in [0.1, 0.15) is 0 Å². The molecule has 0 radical (unpaired) electrons. The van der Waals surface area contributed by atoms with Crippen LogP contribution in [0.1, 0.15) is 51.0 Å². The minimum Gasteiger partial charge on any atom is -0.493 e. The van der Waals surface area contributed by atoms with Crippen molar-refractivity contribution in [3.63, 3.8) is 0 Å². The highest BCUT2D eigenvalue weighted by Gasteiger charge is 2.15. The lowest BCUT2D eigenvalue weighted by molar-refractivity contribution is -0.121. The molecule has 1 aliphatic rings. The summed E-state index contributed by atoms with van der Waals surface area (Å²) in [6.45, 7) is 4.12. The van der Waals surface area contributed by atoms with Crippen molar-refractivity contribution < 1.29 is 14.3 Å². The Morgan fingerprint density at radius 3 is 2.52 bits per heavy atom. The Labute approximate surface area is 204 Å². The summed E-state index contributed by atoms with van der Waals surface area (Å²) < 4.78 is 10.7. The molecular weight excluding hydrogens is 507 g/mol. The van der Waals surface area contributed by atoms with Gasteiger partial charge in [-0.3, -0.25) is 9.79 Å². The van der Waals surface area contributed by atoms with Gasteiger partial charge >= 0.3 is 0 Å². The van der Waals surface area contributed by atoms with Crippen molar-refractivity contribution in [2.45, 2.75) is 57.9 Å². The number of aliphatic imine (C=N–C) groups is 1. The Morgan fingerprint density at radius 2 is 1.87 bits per heavy atom. The number of halogens is 1. The number of likely N-dealkylation sites (N-methyl/N-ethyl adjacent to an activating group) is 1. The SMILES string of the molecule is CCNC(=NCCC(=O)NC1CCCCC1)N(C)CCc1ccc(OC)c(OC)c1.I. The minimum atomic E-state index is 0. The molecule has 1 saturated carbocycles. The normalized spacial score (nSPS) is 14.4. The maximum absolute atomic E-state index is 12.2. The van der Waals surface area contributed by atoms with E-state index in [4.69, 9.17) is 9.47 Å². The lowest BCUT2D eigenvalue weighted by Gasteiger charge is -2.23. The highest BCUT2D eigenvalue weighted by atomic mass is 127. The smallest absolute Gasteiger partial charge is 0.222 e. The van der Waals surface area contributed by atoms with Crippen LogP contribution in [0.25, 0.3) is 0 Å². The zero-order valence-electron chi connectivity index (χ0n) is 19.4. The molecule has 0 aromatic heterocycles. The molecule has 2 N–H and O–H groups in total. The molecule has 1 aliphatic carbocycles. The second-order valence-electron chi connectivity index (χ2n) is 7.75. The number of ether oxygens (including phenoxy) is 2. The molecule has 1 fully saturated rings. The number of nitrogens with zero attached hydrogens (tertiary/aromatic N) is 2. The van der Waals surface area contributed by atoms with Gasteiger partial charge in [0, 0.05) is 32.6 Å². The maximum atomic E-state index is 12.2. The number of rotatable bonds is 10. The first-order chi connectivity index (χ1) is 14.6. The van der Waals surface area contributed by atoms with E-state index in [1.165, 1.54) is 24.8 Å². The molecule has 0 aliphatic heterocycles. The fraction of sp³-hybridized carbons (Fsp3) is 0.652. The highest BCUT2D eigenvalue weighted by molar-refractivity contribution is 14.0. The summed E-state index contributed by atoms with van der Waals surface area (Å²) in [5.41, 5.74) is 1.17. The van der Waals surface area contributed by atoms with Gasteiger partial charge < -0.3 is 25.0 Å². The summed E-state index contributed by atoms with van der Waals surface area (Å²) in [5, 5.41) is 6.47. The molecule has 0 spiro atoms. The third-order valence-electron chi connectivity index (χ3n) is 5.45. The molecule has 0 unspecified atom stereocenters. The Morgan fingerprint density at radius 1 is 1.16 bits per heavy atom. The molecule has 0 atom stereocenters. The molecule has 8 heteroatoms. The van der Waals surface area contributed by atoms with E-state index in [9.17, 15) is 4.79 Å². The molecule has 7 nitrogen and oxygen atoms in total. The summed E-state index contributed by atoms with van der Waals surface area (Å²) in [4.78, 5) is 18.9. The van der Waals surface area contributed by atoms with Crippen molar-refractivity contribution in [3.8, 4) is 11.5 Å². The number of hydrogen-bond donors (Lipinski definition) is 2. The lowest BCUT2D eigenvalue weighted by atomic mass is 9.95. The van der Waals surface area contributed by atoms with Crippen LogP contribution in [0.3, 0.4) is 0 Å². The predicted octanol–water partition coefficient (Wildman–Crippen LogP) is 3.60. The maximum Gasteiger partial charge on any atom is 0.222 e. The molecule has 31 heavy (non-hydrogen) atoms. The third kappa shape index (κ3) is 9.53. The van der Waals surface area contributed by atoms with Gasteiger partial charge in [0.15, 0.2) is 17.5 Å². The minimum absolute atomic E-state index is 0. The van der Waals surface area contributed by atoms with Gasteiger partial charge in [-0.1, -0.05) is 25.3 Å². The van der Waals surface area contributed by atoms with E-state index in [-0.39, 0.29) is 29.9 Å².